The third-order valence-electron chi connectivity index (χ3n) is 2.69. The van der Waals surface area contributed by atoms with Crippen molar-refractivity contribution >= 4 is 0 Å². The van der Waals surface area contributed by atoms with Crippen LogP contribution in [0.2, 0.25) is 0 Å². The molecule has 11 heavy (non-hydrogen) atoms. The second-order valence-electron chi connectivity index (χ2n) is 3.40. The molecule has 0 saturated carbocycles. The summed E-state index contributed by atoms with van der Waals surface area (Å²) in [4.78, 5) is 1.94. The SMILES string of the molecule is O[C@H]1[C@H]2[C@@H](O)CCN2C[C@H]1O. The topological polar surface area (TPSA) is 63.9 Å². The molecule has 0 bridgehead atoms. The second kappa shape index (κ2) is 2.42. The first-order chi connectivity index (χ1) is 5.20. The Hall–Kier alpha value is -0.160. The lowest BCUT2D eigenvalue weighted by molar-refractivity contribution is 0.00792. The van der Waals surface area contributed by atoms with Crippen LogP contribution in [0.15, 0.2) is 0 Å². The van der Waals surface area contributed by atoms with Crippen molar-refractivity contribution < 1.29 is 15.3 Å². The van der Waals surface area contributed by atoms with E-state index < -0.39 is 18.3 Å². The molecule has 4 nitrogen and oxygen atoms in total. The highest BCUT2D eigenvalue weighted by Gasteiger charge is 2.47. The number of nitrogens with zero attached hydrogens (tertiary/aromatic N) is 1. The smallest absolute Gasteiger partial charge is 0.0991 e. The van der Waals surface area contributed by atoms with E-state index in [2.05, 4.69) is 0 Å². The first-order valence-electron chi connectivity index (χ1n) is 3.98. The molecule has 2 rings (SSSR count). The summed E-state index contributed by atoms with van der Waals surface area (Å²) in [6, 6.07) is -0.218. The standard InChI is InChI=1S/C7H13NO3/c9-4-1-2-8-3-5(10)7(11)6(4)8/h4-7,9-11H,1-3H2/t4-,5+,6+,7+/m0/s1. The zero-order valence-corrected chi connectivity index (χ0v) is 6.22. The summed E-state index contributed by atoms with van der Waals surface area (Å²) in [6.07, 6.45) is -1.17. The van der Waals surface area contributed by atoms with Gasteiger partial charge < -0.3 is 15.3 Å². The van der Waals surface area contributed by atoms with Crippen LogP contribution in [0.25, 0.3) is 0 Å². The minimum absolute atomic E-state index is 0.218. The van der Waals surface area contributed by atoms with Gasteiger partial charge in [-0.3, -0.25) is 4.90 Å². The minimum Gasteiger partial charge on any atom is -0.391 e. The van der Waals surface area contributed by atoms with Crippen LogP contribution in [0.5, 0.6) is 0 Å². The maximum atomic E-state index is 9.39. The lowest BCUT2D eigenvalue weighted by atomic mass is 10.1. The summed E-state index contributed by atoms with van der Waals surface area (Å²) < 4.78 is 0. The van der Waals surface area contributed by atoms with Gasteiger partial charge in [-0.15, -0.1) is 0 Å². The molecule has 0 unspecified atom stereocenters. The molecular weight excluding hydrogens is 146 g/mol. The van der Waals surface area contributed by atoms with E-state index in [-0.39, 0.29) is 6.04 Å². The Morgan fingerprint density at radius 2 is 1.82 bits per heavy atom. The maximum Gasteiger partial charge on any atom is 0.0991 e. The molecule has 0 aromatic rings. The number of hydrogen-bond donors (Lipinski definition) is 3. The Morgan fingerprint density at radius 3 is 2.45 bits per heavy atom. The van der Waals surface area contributed by atoms with Gasteiger partial charge in [0.2, 0.25) is 0 Å². The molecule has 0 amide bonds. The minimum atomic E-state index is -0.757. The average molecular weight is 159 g/mol. The van der Waals surface area contributed by atoms with Crippen LogP contribution in [0, 0.1) is 0 Å². The van der Waals surface area contributed by atoms with Gasteiger partial charge >= 0.3 is 0 Å². The van der Waals surface area contributed by atoms with Gasteiger partial charge in [0.1, 0.15) is 0 Å². The van der Waals surface area contributed by atoms with Gasteiger partial charge in [0.05, 0.1) is 24.4 Å². The maximum absolute atomic E-state index is 9.39. The van der Waals surface area contributed by atoms with Crippen molar-refractivity contribution in [1.82, 2.24) is 4.90 Å². The molecule has 2 saturated heterocycles. The van der Waals surface area contributed by atoms with E-state index in [1.165, 1.54) is 0 Å². The van der Waals surface area contributed by atoms with Crippen LogP contribution in [0.1, 0.15) is 6.42 Å². The third kappa shape index (κ3) is 0.980. The highest BCUT2D eigenvalue weighted by molar-refractivity contribution is 5.01. The van der Waals surface area contributed by atoms with Crippen molar-refractivity contribution in [2.75, 3.05) is 13.1 Å². The number of fused-ring (bicyclic) bond motifs is 1. The van der Waals surface area contributed by atoms with Crippen LogP contribution in [-0.4, -0.2) is 57.7 Å². The molecule has 2 aliphatic heterocycles. The van der Waals surface area contributed by atoms with E-state index in [1.54, 1.807) is 0 Å². The van der Waals surface area contributed by atoms with Crippen molar-refractivity contribution in [3.05, 3.63) is 0 Å². The monoisotopic (exact) mass is 159 g/mol. The van der Waals surface area contributed by atoms with Crippen LogP contribution < -0.4 is 0 Å². The Morgan fingerprint density at radius 1 is 1.09 bits per heavy atom. The summed E-state index contributed by atoms with van der Waals surface area (Å²) in [5.41, 5.74) is 0. The van der Waals surface area contributed by atoms with Crippen molar-refractivity contribution in [2.24, 2.45) is 0 Å². The first kappa shape index (κ1) is 7.49. The number of aliphatic hydroxyl groups excluding tert-OH is 3. The molecule has 3 N–H and O–H groups in total. The molecule has 2 fully saturated rings. The van der Waals surface area contributed by atoms with Gasteiger partial charge in [0.15, 0.2) is 0 Å². The van der Waals surface area contributed by atoms with E-state index in [0.29, 0.717) is 13.0 Å². The zero-order chi connectivity index (χ0) is 8.01. The highest BCUT2D eigenvalue weighted by atomic mass is 16.3. The number of hydrogen-bond acceptors (Lipinski definition) is 4. The summed E-state index contributed by atoms with van der Waals surface area (Å²) >= 11 is 0. The van der Waals surface area contributed by atoms with Crippen LogP contribution in [0.3, 0.4) is 0 Å². The zero-order valence-electron chi connectivity index (χ0n) is 6.22. The Bertz CT molecular complexity index is 162. The van der Waals surface area contributed by atoms with E-state index >= 15 is 0 Å². The van der Waals surface area contributed by atoms with Gasteiger partial charge in [-0.05, 0) is 6.42 Å². The van der Waals surface area contributed by atoms with Crippen molar-refractivity contribution in [1.29, 1.82) is 0 Å². The van der Waals surface area contributed by atoms with Crippen molar-refractivity contribution in [2.45, 2.75) is 30.8 Å². The van der Waals surface area contributed by atoms with Crippen molar-refractivity contribution in [3.63, 3.8) is 0 Å². The molecule has 0 spiro atoms. The Balaban J connectivity index is 2.13. The largest absolute Gasteiger partial charge is 0.391 e. The fourth-order valence-electron chi connectivity index (χ4n) is 2.09. The first-order valence-corrected chi connectivity index (χ1v) is 3.98. The quantitative estimate of drug-likeness (QED) is 0.388. The third-order valence-corrected chi connectivity index (χ3v) is 2.69. The van der Waals surface area contributed by atoms with E-state index in [4.69, 9.17) is 0 Å². The summed E-state index contributed by atoms with van der Waals surface area (Å²) in [7, 11) is 0. The molecular formula is C7H13NO3. The fourth-order valence-corrected chi connectivity index (χ4v) is 2.09. The van der Waals surface area contributed by atoms with Crippen molar-refractivity contribution in [3.8, 4) is 0 Å². The van der Waals surface area contributed by atoms with Gasteiger partial charge in [-0.25, -0.2) is 0 Å². The molecule has 0 aliphatic carbocycles. The molecule has 0 aromatic heterocycles. The van der Waals surface area contributed by atoms with Crippen LogP contribution in [-0.2, 0) is 0 Å². The van der Waals surface area contributed by atoms with Gasteiger partial charge in [0, 0.05) is 13.1 Å². The second-order valence-corrected chi connectivity index (χ2v) is 3.40. The molecule has 4 heteroatoms. The lowest BCUT2D eigenvalue weighted by Gasteiger charge is -2.18. The van der Waals surface area contributed by atoms with Gasteiger partial charge in [-0.2, -0.15) is 0 Å². The molecule has 0 aromatic carbocycles. The molecule has 64 valence electrons. The lowest BCUT2D eigenvalue weighted by Crippen LogP contribution is -2.38. The highest BCUT2D eigenvalue weighted by Crippen LogP contribution is 2.28. The summed E-state index contributed by atoms with van der Waals surface area (Å²) in [6.45, 7) is 1.29. The Labute approximate surface area is 65.1 Å². The number of rotatable bonds is 0. The predicted molar refractivity (Wildman–Crippen MR) is 38.0 cm³/mol. The summed E-state index contributed by atoms with van der Waals surface area (Å²) in [5.74, 6) is 0. The van der Waals surface area contributed by atoms with Gasteiger partial charge in [0.25, 0.3) is 0 Å². The fraction of sp³-hybridized carbons (Fsp3) is 1.00. The predicted octanol–water partition coefficient (Wildman–Crippen LogP) is -1.84. The average Bonchev–Trinajstić information content (AvgIpc) is 2.41. The van der Waals surface area contributed by atoms with E-state index in [0.717, 1.165) is 6.54 Å². The summed E-state index contributed by atoms with van der Waals surface area (Å²) in [5, 5.41) is 28.0. The molecule has 2 aliphatic rings. The van der Waals surface area contributed by atoms with Crippen LogP contribution >= 0.6 is 0 Å². The van der Waals surface area contributed by atoms with E-state index in [9.17, 15) is 15.3 Å². The number of aliphatic hydroxyl groups is 3. The van der Waals surface area contributed by atoms with Crippen LogP contribution in [0.4, 0.5) is 0 Å². The van der Waals surface area contributed by atoms with E-state index in [1.807, 2.05) is 4.90 Å². The Kier molecular flexibility index (Phi) is 1.64. The molecule has 2 heterocycles. The molecule has 4 atom stereocenters. The molecule has 0 radical (unpaired) electrons. The normalized spacial score (nSPS) is 51.5. The van der Waals surface area contributed by atoms with Gasteiger partial charge in [-0.1, -0.05) is 0 Å².